The van der Waals surface area contributed by atoms with Gasteiger partial charge in [-0.1, -0.05) is 42.5 Å². The summed E-state index contributed by atoms with van der Waals surface area (Å²) in [4.78, 5) is 13.9. The van der Waals surface area contributed by atoms with Crippen molar-refractivity contribution in [1.29, 1.82) is 0 Å². The summed E-state index contributed by atoms with van der Waals surface area (Å²) in [6, 6.07) is 16.1. The fraction of sp³-hybridized carbons (Fsp3) is 0.278. The van der Waals surface area contributed by atoms with Crippen molar-refractivity contribution in [2.45, 2.75) is 6.04 Å². The van der Waals surface area contributed by atoms with Crippen molar-refractivity contribution in [3.8, 4) is 11.5 Å². The van der Waals surface area contributed by atoms with Crippen LogP contribution in [0.15, 0.2) is 54.6 Å². The molecule has 0 saturated heterocycles. The van der Waals surface area contributed by atoms with Gasteiger partial charge in [-0.25, -0.2) is 0 Å². The largest absolute Gasteiger partial charge is 0.493 e. The Labute approximate surface area is 136 Å². The summed E-state index contributed by atoms with van der Waals surface area (Å²) in [6.07, 6.45) is 0. The average Bonchev–Trinajstić information content (AvgIpc) is 2.61. The lowest BCUT2D eigenvalue weighted by molar-refractivity contribution is -0.131. The van der Waals surface area contributed by atoms with Gasteiger partial charge in [-0.2, -0.15) is 0 Å². The van der Waals surface area contributed by atoms with Crippen molar-refractivity contribution in [2.75, 3.05) is 27.3 Å². The van der Waals surface area contributed by atoms with Gasteiger partial charge in [-0.05, 0) is 17.7 Å². The van der Waals surface area contributed by atoms with Gasteiger partial charge in [-0.15, -0.1) is 0 Å². The minimum absolute atomic E-state index is 0.139. The van der Waals surface area contributed by atoms with E-state index < -0.39 is 6.04 Å². The van der Waals surface area contributed by atoms with Gasteiger partial charge in [0.2, 0.25) is 5.91 Å². The number of hydrogen-bond donors (Lipinski definition) is 1. The predicted octanol–water partition coefficient (Wildman–Crippen LogP) is 2.23. The summed E-state index contributed by atoms with van der Waals surface area (Å²) in [6.45, 7) is 0.807. The molecule has 2 aromatic rings. The number of likely N-dealkylation sites (N-methyl/N-ethyl adjacent to an activating group) is 1. The van der Waals surface area contributed by atoms with Gasteiger partial charge in [0.25, 0.3) is 0 Å². The maximum Gasteiger partial charge on any atom is 0.243 e. The number of nitrogens with two attached hydrogens (primary N) is 1. The molecule has 0 saturated carbocycles. The Morgan fingerprint density at radius 3 is 2.35 bits per heavy atom. The van der Waals surface area contributed by atoms with Crippen molar-refractivity contribution >= 4 is 5.91 Å². The molecule has 0 spiro atoms. The fourth-order valence-corrected chi connectivity index (χ4v) is 2.18. The highest BCUT2D eigenvalue weighted by atomic mass is 16.5. The van der Waals surface area contributed by atoms with Crippen molar-refractivity contribution in [1.82, 2.24) is 4.90 Å². The van der Waals surface area contributed by atoms with Crippen LogP contribution in [0.2, 0.25) is 0 Å². The third kappa shape index (κ3) is 4.47. The van der Waals surface area contributed by atoms with Crippen LogP contribution in [0.4, 0.5) is 0 Å². The van der Waals surface area contributed by atoms with Crippen LogP contribution >= 0.6 is 0 Å². The lowest BCUT2D eigenvalue weighted by Gasteiger charge is -2.22. The molecule has 0 bridgehead atoms. The summed E-state index contributed by atoms with van der Waals surface area (Å²) in [5.74, 6) is 1.19. The Balaban J connectivity index is 1.87. The lowest BCUT2D eigenvalue weighted by Crippen LogP contribution is -2.38. The number of rotatable bonds is 7. The van der Waals surface area contributed by atoms with E-state index in [4.69, 9.17) is 15.2 Å². The molecule has 0 aliphatic rings. The van der Waals surface area contributed by atoms with Gasteiger partial charge < -0.3 is 20.1 Å². The van der Waals surface area contributed by atoms with Crippen LogP contribution in [0, 0.1) is 0 Å². The molecule has 0 aromatic heterocycles. The molecule has 122 valence electrons. The molecule has 0 radical (unpaired) electrons. The molecule has 0 fully saturated rings. The fourth-order valence-electron chi connectivity index (χ4n) is 2.18. The van der Waals surface area contributed by atoms with Gasteiger partial charge in [0.05, 0.1) is 13.7 Å². The second kappa shape index (κ2) is 8.19. The van der Waals surface area contributed by atoms with E-state index in [1.54, 1.807) is 19.1 Å². The molecule has 5 heteroatoms. The minimum Gasteiger partial charge on any atom is -0.493 e. The van der Waals surface area contributed by atoms with Crippen LogP contribution in [0.3, 0.4) is 0 Å². The van der Waals surface area contributed by atoms with Gasteiger partial charge >= 0.3 is 0 Å². The molecule has 1 amide bonds. The van der Waals surface area contributed by atoms with Gasteiger partial charge in [0.1, 0.15) is 12.6 Å². The zero-order valence-electron chi connectivity index (χ0n) is 13.4. The molecule has 5 nitrogen and oxygen atoms in total. The van der Waals surface area contributed by atoms with Crippen molar-refractivity contribution in [3.05, 3.63) is 60.2 Å². The second-order valence-electron chi connectivity index (χ2n) is 5.15. The second-order valence-corrected chi connectivity index (χ2v) is 5.15. The van der Waals surface area contributed by atoms with Crippen molar-refractivity contribution < 1.29 is 14.3 Å². The van der Waals surface area contributed by atoms with E-state index in [0.717, 1.165) is 5.56 Å². The molecular formula is C18H22N2O3. The molecule has 2 N–H and O–H groups in total. The van der Waals surface area contributed by atoms with Crippen molar-refractivity contribution in [2.24, 2.45) is 5.73 Å². The van der Waals surface area contributed by atoms with E-state index in [9.17, 15) is 4.79 Å². The number of hydrogen-bond acceptors (Lipinski definition) is 4. The Kier molecular flexibility index (Phi) is 6.00. The Morgan fingerprint density at radius 1 is 1.09 bits per heavy atom. The summed E-state index contributed by atoms with van der Waals surface area (Å²) >= 11 is 0. The van der Waals surface area contributed by atoms with Crippen LogP contribution in [-0.4, -0.2) is 38.1 Å². The summed E-state index contributed by atoms with van der Waals surface area (Å²) < 4.78 is 10.9. The maximum atomic E-state index is 12.3. The van der Waals surface area contributed by atoms with Crippen LogP contribution < -0.4 is 15.2 Å². The van der Waals surface area contributed by atoms with E-state index in [-0.39, 0.29) is 5.91 Å². The number of ether oxygens (including phenoxy) is 2. The first-order valence-electron chi connectivity index (χ1n) is 7.45. The Morgan fingerprint density at radius 2 is 1.70 bits per heavy atom. The normalized spacial score (nSPS) is 11.6. The minimum atomic E-state index is -0.660. The SMILES string of the molecule is COc1ccccc1OCCN(C)C(=O)C(N)c1ccccc1. The van der Waals surface area contributed by atoms with E-state index in [1.807, 2.05) is 54.6 Å². The molecular weight excluding hydrogens is 292 g/mol. The molecule has 0 aliphatic heterocycles. The van der Waals surface area contributed by atoms with Crippen LogP contribution in [0.25, 0.3) is 0 Å². The number of methoxy groups -OCH3 is 1. The van der Waals surface area contributed by atoms with Crippen LogP contribution in [0.1, 0.15) is 11.6 Å². The van der Waals surface area contributed by atoms with Gasteiger partial charge in [-0.3, -0.25) is 4.79 Å². The van der Waals surface area contributed by atoms with Crippen LogP contribution in [0.5, 0.6) is 11.5 Å². The summed E-state index contributed by atoms with van der Waals surface area (Å²) in [7, 11) is 3.31. The number of carbonyl (C=O) groups excluding carboxylic acids is 1. The number of nitrogens with zero attached hydrogens (tertiary/aromatic N) is 1. The maximum absolute atomic E-state index is 12.3. The Bertz CT molecular complexity index is 631. The molecule has 2 rings (SSSR count). The third-order valence-electron chi connectivity index (χ3n) is 3.55. The van der Waals surface area contributed by atoms with E-state index in [2.05, 4.69) is 0 Å². The summed E-state index contributed by atoms with van der Waals surface area (Å²) in [5, 5.41) is 0. The molecule has 1 unspecified atom stereocenters. The number of benzene rings is 2. The van der Waals surface area contributed by atoms with Gasteiger partial charge in [0.15, 0.2) is 11.5 Å². The topological polar surface area (TPSA) is 64.8 Å². The number of carbonyl (C=O) groups is 1. The van der Waals surface area contributed by atoms with E-state index in [1.165, 1.54) is 0 Å². The monoisotopic (exact) mass is 314 g/mol. The smallest absolute Gasteiger partial charge is 0.243 e. The molecule has 2 aromatic carbocycles. The molecule has 0 heterocycles. The first-order valence-corrected chi connectivity index (χ1v) is 7.45. The standard InChI is InChI=1S/C18H22N2O3/c1-20(18(21)17(19)14-8-4-3-5-9-14)12-13-23-16-11-7-6-10-15(16)22-2/h3-11,17H,12-13,19H2,1-2H3. The quantitative estimate of drug-likeness (QED) is 0.851. The molecule has 0 aliphatic carbocycles. The highest BCUT2D eigenvalue weighted by Crippen LogP contribution is 2.25. The Hall–Kier alpha value is -2.53. The zero-order valence-corrected chi connectivity index (χ0v) is 13.4. The third-order valence-corrected chi connectivity index (χ3v) is 3.55. The molecule has 23 heavy (non-hydrogen) atoms. The molecule has 1 atom stereocenters. The van der Waals surface area contributed by atoms with E-state index >= 15 is 0 Å². The lowest BCUT2D eigenvalue weighted by atomic mass is 10.1. The van der Waals surface area contributed by atoms with Crippen molar-refractivity contribution in [3.63, 3.8) is 0 Å². The zero-order chi connectivity index (χ0) is 16.7. The first kappa shape index (κ1) is 16.8. The summed E-state index contributed by atoms with van der Waals surface area (Å²) in [5.41, 5.74) is 6.82. The predicted molar refractivity (Wildman–Crippen MR) is 89.5 cm³/mol. The number of amides is 1. The highest BCUT2D eigenvalue weighted by molar-refractivity contribution is 5.82. The first-order chi connectivity index (χ1) is 11.1. The number of para-hydroxylation sites is 2. The van der Waals surface area contributed by atoms with E-state index in [0.29, 0.717) is 24.7 Å². The highest BCUT2D eigenvalue weighted by Gasteiger charge is 2.19. The van der Waals surface area contributed by atoms with Gasteiger partial charge in [0, 0.05) is 7.05 Å². The van der Waals surface area contributed by atoms with Crippen LogP contribution in [-0.2, 0) is 4.79 Å². The average molecular weight is 314 g/mol.